The SMILES string of the molecule is CNC1(Cc2nn[nH]n2)CC1. The monoisotopic (exact) mass is 153 g/mol. The minimum Gasteiger partial charge on any atom is -0.314 e. The van der Waals surface area contributed by atoms with Crippen LogP contribution in [0.3, 0.4) is 0 Å². The Kier molecular flexibility index (Phi) is 1.38. The fourth-order valence-electron chi connectivity index (χ4n) is 1.23. The molecule has 1 heterocycles. The van der Waals surface area contributed by atoms with Crippen LogP contribution in [-0.4, -0.2) is 33.2 Å². The third-order valence-electron chi connectivity index (χ3n) is 2.27. The zero-order valence-corrected chi connectivity index (χ0v) is 6.46. The van der Waals surface area contributed by atoms with E-state index in [2.05, 4.69) is 25.9 Å². The molecule has 0 aliphatic heterocycles. The predicted molar refractivity (Wildman–Crippen MR) is 38.9 cm³/mol. The Morgan fingerprint density at radius 1 is 1.64 bits per heavy atom. The first kappa shape index (κ1) is 6.72. The molecule has 1 aromatic heterocycles. The second kappa shape index (κ2) is 2.27. The molecule has 0 aromatic carbocycles. The Morgan fingerprint density at radius 2 is 2.45 bits per heavy atom. The molecule has 2 N–H and O–H groups in total. The molecule has 5 nitrogen and oxygen atoms in total. The zero-order chi connectivity index (χ0) is 7.73. The van der Waals surface area contributed by atoms with Crippen LogP contribution in [0.15, 0.2) is 0 Å². The average molecular weight is 153 g/mol. The molecule has 0 saturated heterocycles. The Balaban J connectivity index is 2.01. The third-order valence-corrected chi connectivity index (χ3v) is 2.27. The van der Waals surface area contributed by atoms with Crippen LogP contribution in [0, 0.1) is 0 Å². The zero-order valence-electron chi connectivity index (χ0n) is 6.46. The maximum absolute atomic E-state index is 3.90. The summed E-state index contributed by atoms with van der Waals surface area (Å²) < 4.78 is 0. The van der Waals surface area contributed by atoms with Crippen LogP contribution in [0.1, 0.15) is 18.7 Å². The van der Waals surface area contributed by atoms with E-state index in [9.17, 15) is 0 Å². The first-order valence-electron chi connectivity index (χ1n) is 3.76. The maximum Gasteiger partial charge on any atom is 0.176 e. The molecule has 0 spiro atoms. The highest BCUT2D eigenvalue weighted by atomic mass is 15.5. The van der Waals surface area contributed by atoms with Gasteiger partial charge in [-0.15, -0.1) is 10.2 Å². The quantitative estimate of drug-likeness (QED) is 0.614. The highest BCUT2D eigenvalue weighted by Gasteiger charge is 2.41. The normalized spacial score (nSPS) is 20.1. The summed E-state index contributed by atoms with van der Waals surface area (Å²) in [6.07, 6.45) is 3.33. The molecule has 0 radical (unpaired) electrons. The number of aromatic nitrogens is 4. The highest BCUT2D eigenvalue weighted by Crippen LogP contribution is 2.37. The fraction of sp³-hybridized carbons (Fsp3) is 0.833. The van der Waals surface area contributed by atoms with Crippen LogP contribution >= 0.6 is 0 Å². The van der Waals surface area contributed by atoms with Gasteiger partial charge < -0.3 is 5.32 Å². The summed E-state index contributed by atoms with van der Waals surface area (Å²) in [5.74, 6) is 0.803. The van der Waals surface area contributed by atoms with Crippen molar-refractivity contribution < 1.29 is 0 Å². The molecule has 0 bridgehead atoms. The first-order chi connectivity index (χ1) is 5.35. The number of hydrogen-bond acceptors (Lipinski definition) is 4. The molecule has 1 saturated carbocycles. The summed E-state index contributed by atoms with van der Waals surface area (Å²) in [7, 11) is 1.98. The van der Waals surface area contributed by atoms with Crippen LogP contribution < -0.4 is 5.32 Å². The Hall–Kier alpha value is -0.970. The van der Waals surface area contributed by atoms with Crippen molar-refractivity contribution in [2.45, 2.75) is 24.8 Å². The molecular formula is C6H11N5. The molecular weight excluding hydrogens is 142 g/mol. The van der Waals surface area contributed by atoms with Gasteiger partial charge in [0.15, 0.2) is 5.82 Å². The van der Waals surface area contributed by atoms with Crippen LogP contribution in [0.5, 0.6) is 0 Å². The van der Waals surface area contributed by atoms with E-state index in [0.29, 0.717) is 0 Å². The Bertz CT molecular complexity index is 225. The van der Waals surface area contributed by atoms with Crippen LogP contribution in [0.4, 0.5) is 0 Å². The number of tetrazole rings is 1. The first-order valence-corrected chi connectivity index (χ1v) is 3.76. The van der Waals surface area contributed by atoms with Crippen LogP contribution in [0.2, 0.25) is 0 Å². The highest BCUT2D eigenvalue weighted by molar-refractivity contribution is 5.06. The summed E-state index contributed by atoms with van der Waals surface area (Å²) in [6, 6.07) is 0. The summed E-state index contributed by atoms with van der Waals surface area (Å²) in [4.78, 5) is 0. The summed E-state index contributed by atoms with van der Waals surface area (Å²) in [5, 5.41) is 17.0. The van der Waals surface area contributed by atoms with Crippen molar-refractivity contribution in [3.8, 4) is 0 Å². The van der Waals surface area contributed by atoms with Gasteiger partial charge in [-0.05, 0) is 19.9 Å². The van der Waals surface area contributed by atoms with Gasteiger partial charge >= 0.3 is 0 Å². The van der Waals surface area contributed by atoms with Gasteiger partial charge in [0.2, 0.25) is 0 Å². The number of likely N-dealkylation sites (N-methyl/N-ethyl adjacent to an activating group) is 1. The topological polar surface area (TPSA) is 66.5 Å². The van der Waals surface area contributed by atoms with Crippen molar-refractivity contribution in [2.75, 3.05) is 7.05 Å². The van der Waals surface area contributed by atoms with Crippen molar-refractivity contribution in [2.24, 2.45) is 0 Å². The lowest BCUT2D eigenvalue weighted by Crippen LogP contribution is -2.30. The average Bonchev–Trinajstić information content (AvgIpc) is 2.59. The van der Waals surface area contributed by atoms with E-state index in [-0.39, 0.29) is 5.54 Å². The predicted octanol–water partition coefficient (Wildman–Crippen LogP) is -0.506. The van der Waals surface area contributed by atoms with E-state index < -0.39 is 0 Å². The standard InChI is InChI=1S/C6H11N5/c1-7-6(2-3-6)4-5-8-10-11-9-5/h7H,2-4H2,1H3,(H,8,9,10,11). The van der Waals surface area contributed by atoms with Crippen molar-refractivity contribution in [3.05, 3.63) is 5.82 Å². The summed E-state index contributed by atoms with van der Waals surface area (Å²) in [5.41, 5.74) is 0.282. The molecule has 1 aliphatic rings. The minimum absolute atomic E-state index is 0.282. The van der Waals surface area contributed by atoms with Crippen molar-refractivity contribution >= 4 is 0 Å². The number of nitrogens with zero attached hydrogens (tertiary/aromatic N) is 3. The second-order valence-corrected chi connectivity index (χ2v) is 3.04. The molecule has 60 valence electrons. The van der Waals surface area contributed by atoms with Gasteiger partial charge in [0, 0.05) is 12.0 Å². The van der Waals surface area contributed by atoms with Gasteiger partial charge in [-0.3, -0.25) is 0 Å². The molecule has 0 amide bonds. The van der Waals surface area contributed by atoms with Gasteiger partial charge in [-0.1, -0.05) is 5.21 Å². The van der Waals surface area contributed by atoms with Crippen molar-refractivity contribution in [1.82, 2.24) is 25.9 Å². The molecule has 0 atom stereocenters. The number of hydrogen-bond donors (Lipinski definition) is 2. The van der Waals surface area contributed by atoms with E-state index in [1.54, 1.807) is 0 Å². The molecule has 1 aliphatic carbocycles. The lowest BCUT2D eigenvalue weighted by molar-refractivity contribution is 0.534. The molecule has 2 rings (SSSR count). The third kappa shape index (κ3) is 1.23. The maximum atomic E-state index is 3.90. The second-order valence-electron chi connectivity index (χ2n) is 3.04. The van der Waals surface area contributed by atoms with Gasteiger partial charge in [0.1, 0.15) is 0 Å². The van der Waals surface area contributed by atoms with E-state index in [1.807, 2.05) is 7.05 Å². The van der Waals surface area contributed by atoms with Gasteiger partial charge in [-0.25, -0.2) is 0 Å². The van der Waals surface area contributed by atoms with E-state index in [0.717, 1.165) is 12.2 Å². The molecule has 11 heavy (non-hydrogen) atoms. The number of H-pyrrole nitrogens is 1. The largest absolute Gasteiger partial charge is 0.314 e. The molecule has 1 aromatic rings. The number of aromatic amines is 1. The fourth-order valence-corrected chi connectivity index (χ4v) is 1.23. The molecule has 0 unspecified atom stereocenters. The molecule has 1 fully saturated rings. The number of rotatable bonds is 3. The summed E-state index contributed by atoms with van der Waals surface area (Å²) >= 11 is 0. The minimum atomic E-state index is 0.282. The Labute approximate surface area is 64.6 Å². The van der Waals surface area contributed by atoms with Crippen molar-refractivity contribution in [1.29, 1.82) is 0 Å². The smallest absolute Gasteiger partial charge is 0.176 e. The lowest BCUT2D eigenvalue weighted by Gasteiger charge is -2.09. The van der Waals surface area contributed by atoms with E-state index >= 15 is 0 Å². The Morgan fingerprint density at radius 3 is 2.91 bits per heavy atom. The van der Waals surface area contributed by atoms with Gasteiger partial charge in [0.25, 0.3) is 0 Å². The van der Waals surface area contributed by atoms with E-state index in [1.165, 1.54) is 12.8 Å². The number of nitrogens with one attached hydrogen (secondary N) is 2. The van der Waals surface area contributed by atoms with E-state index in [4.69, 9.17) is 0 Å². The summed E-state index contributed by atoms with van der Waals surface area (Å²) in [6.45, 7) is 0. The van der Waals surface area contributed by atoms with Crippen LogP contribution in [0.25, 0.3) is 0 Å². The van der Waals surface area contributed by atoms with Crippen LogP contribution in [-0.2, 0) is 6.42 Å². The molecule has 5 heteroatoms. The van der Waals surface area contributed by atoms with Gasteiger partial charge in [-0.2, -0.15) is 5.21 Å². The lowest BCUT2D eigenvalue weighted by atomic mass is 10.2. The van der Waals surface area contributed by atoms with Crippen molar-refractivity contribution in [3.63, 3.8) is 0 Å². The van der Waals surface area contributed by atoms with Gasteiger partial charge in [0.05, 0.1) is 0 Å².